The second-order valence-electron chi connectivity index (χ2n) is 9.39. The van der Waals surface area contributed by atoms with Gasteiger partial charge in [0.1, 0.15) is 11.4 Å². The Labute approximate surface area is 194 Å². The van der Waals surface area contributed by atoms with Crippen LogP contribution in [0.5, 0.6) is 0 Å². The van der Waals surface area contributed by atoms with E-state index >= 15 is 0 Å². The predicted octanol–water partition coefficient (Wildman–Crippen LogP) is 3.25. The standard InChI is InChI=1S/C24H31N3O5S/c1-16-14-19(22(28)29)15-17(2)20(16)8-13-33(31,32)27-11-9-24(10-12-27)23(30)25-21(26-24)18-6-4-3-5-7-18/h8,13-15,18H,3-7,9-12H2,1-2H3,(H,28,29)(H,25,26,30). The number of carboxylic acids is 1. The minimum absolute atomic E-state index is 0.0968. The first-order valence-corrected chi connectivity index (χ1v) is 13.1. The van der Waals surface area contributed by atoms with Crippen molar-refractivity contribution in [3.8, 4) is 0 Å². The first-order chi connectivity index (χ1) is 15.6. The zero-order valence-electron chi connectivity index (χ0n) is 19.1. The van der Waals surface area contributed by atoms with Crippen LogP contribution in [0.2, 0.25) is 0 Å². The number of amides is 1. The van der Waals surface area contributed by atoms with Crippen molar-refractivity contribution in [3.63, 3.8) is 0 Å². The number of aryl methyl sites for hydroxylation is 2. The lowest BCUT2D eigenvalue weighted by atomic mass is 9.88. The fourth-order valence-corrected chi connectivity index (χ4v) is 6.33. The van der Waals surface area contributed by atoms with E-state index in [2.05, 4.69) is 5.32 Å². The number of rotatable bonds is 5. The molecule has 1 amide bonds. The first-order valence-electron chi connectivity index (χ1n) is 11.6. The summed E-state index contributed by atoms with van der Waals surface area (Å²) in [5.41, 5.74) is 1.41. The zero-order chi connectivity index (χ0) is 23.8. The van der Waals surface area contributed by atoms with Crippen molar-refractivity contribution in [2.24, 2.45) is 10.9 Å². The van der Waals surface area contributed by atoms with Gasteiger partial charge in [-0.2, -0.15) is 4.31 Å². The number of nitrogens with one attached hydrogen (secondary N) is 1. The van der Waals surface area contributed by atoms with E-state index in [0.717, 1.165) is 31.5 Å². The highest BCUT2D eigenvalue weighted by Crippen LogP contribution is 2.35. The van der Waals surface area contributed by atoms with E-state index < -0.39 is 21.5 Å². The molecule has 1 aromatic rings. The summed E-state index contributed by atoms with van der Waals surface area (Å²) in [4.78, 5) is 28.8. The zero-order valence-corrected chi connectivity index (χ0v) is 20.0. The van der Waals surface area contributed by atoms with Crippen LogP contribution in [0.15, 0.2) is 22.5 Å². The molecule has 3 aliphatic rings. The van der Waals surface area contributed by atoms with Crippen molar-refractivity contribution in [3.05, 3.63) is 39.8 Å². The summed E-state index contributed by atoms with van der Waals surface area (Å²) in [6.45, 7) is 3.99. The summed E-state index contributed by atoms with van der Waals surface area (Å²) in [5.74, 6) is -0.00490. The molecule has 2 fully saturated rings. The van der Waals surface area contributed by atoms with E-state index in [0.29, 0.717) is 35.4 Å². The quantitative estimate of drug-likeness (QED) is 0.681. The van der Waals surface area contributed by atoms with Gasteiger partial charge in [0.05, 0.1) is 5.56 Å². The second kappa shape index (κ2) is 9.02. The maximum atomic E-state index is 13.0. The molecule has 0 bridgehead atoms. The van der Waals surface area contributed by atoms with Crippen LogP contribution >= 0.6 is 0 Å². The van der Waals surface area contributed by atoms with E-state index in [-0.39, 0.29) is 24.6 Å². The molecule has 1 aliphatic carbocycles. The molecule has 8 nitrogen and oxygen atoms in total. The number of hydrogen-bond donors (Lipinski definition) is 2. The van der Waals surface area contributed by atoms with E-state index in [4.69, 9.17) is 4.99 Å². The molecule has 2 N–H and O–H groups in total. The highest BCUT2D eigenvalue weighted by Gasteiger charge is 2.48. The van der Waals surface area contributed by atoms with Gasteiger partial charge in [0.25, 0.3) is 5.91 Å². The van der Waals surface area contributed by atoms with Gasteiger partial charge in [0, 0.05) is 24.4 Å². The van der Waals surface area contributed by atoms with Gasteiger partial charge in [-0.25, -0.2) is 13.2 Å². The number of carbonyl (C=O) groups is 2. The Morgan fingerprint density at radius 1 is 1.15 bits per heavy atom. The summed E-state index contributed by atoms with van der Waals surface area (Å²) in [6.07, 6.45) is 7.90. The summed E-state index contributed by atoms with van der Waals surface area (Å²) in [6, 6.07) is 3.07. The Morgan fingerprint density at radius 2 is 1.76 bits per heavy atom. The number of nitrogens with zero attached hydrogens (tertiary/aromatic N) is 2. The molecule has 2 heterocycles. The Bertz CT molecular complexity index is 1100. The molecular weight excluding hydrogens is 442 g/mol. The van der Waals surface area contributed by atoms with Crippen LogP contribution in [-0.4, -0.2) is 54.2 Å². The van der Waals surface area contributed by atoms with Crippen LogP contribution in [-0.2, 0) is 14.8 Å². The maximum Gasteiger partial charge on any atom is 0.335 e. The Hall–Kier alpha value is -2.52. The number of aliphatic imine (C=N–C) groups is 1. The van der Waals surface area contributed by atoms with Gasteiger partial charge in [-0.05, 0) is 74.4 Å². The van der Waals surface area contributed by atoms with Gasteiger partial charge in [0.15, 0.2) is 0 Å². The van der Waals surface area contributed by atoms with Crippen LogP contribution in [0.3, 0.4) is 0 Å². The number of sulfonamides is 1. The number of hydrogen-bond acceptors (Lipinski definition) is 5. The van der Waals surface area contributed by atoms with Crippen LogP contribution in [0.4, 0.5) is 0 Å². The molecule has 1 spiro atoms. The molecule has 178 valence electrons. The summed E-state index contributed by atoms with van der Waals surface area (Å²) in [5, 5.41) is 13.4. The Balaban J connectivity index is 1.46. The van der Waals surface area contributed by atoms with Crippen LogP contribution in [0.25, 0.3) is 6.08 Å². The molecule has 2 aliphatic heterocycles. The van der Waals surface area contributed by atoms with Crippen molar-refractivity contribution in [2.75, 3.05) is 13.1 Å². The van der Waals surface area contributed by atoms with Crippen molar-refractivity contribution in [2.45, 2.75) is 64.3 Å². The molecular formula is C24H31N3O5S. The third kappa shape index (κ3) is 4.75. The number of carbonyl (C=O) groups excluding carboxylic acids is 1. The van der Waals surface area contributed by atoms with Gasteiger partial charge in [-0.3, -0.25) is 9.79 Å². The monoisotopic (exact) mass is 473 g/mol. The largest absolute Gasteiger partial charge is 0.478 e. The Kier molecular flexibility index (Phi) is 6.46. The molecule has 1 saturated carbocycles. The molecule has 1 saturated heterocycles. The lowest BCUT2D eigenvalue weighted by molar-refractivity contribution is -0.125. The number of aromatic carboxylic acids is 1. The SMILES string of the molecule is Cc1cc(C(=O)O)cc(C)c1C=CS(=O)(=O)N1CCC2(CC1)N=C(C1CCCCC1)NC2=O. The first kappa shape index (κ1) is 23.6. The minimum atomic E-state index is -3.68. The number of benzene rings is 1. The fraction of sp³-hybridized carbons (Fsp3) is 0.542. The third-order valence-corrected chi connectivity index (χ3v) is 8.71. The second-order valence-corrected chi connectivity index (χ2v) is 11.2. The van der Waals surface area contributed by atoms with E-state index in [1.54, 1.807) is 13.8 Å². The fourth-order valence-electron chi connectivity index (χ4n) is 5.16. The molecule has 0 atom stereocenters. The molecule has 9 heteroatoms. The summed E-state index contributed by atoms with van der Waals surface area (Å²) in [7, 11) is -3.68. The highest BCUT2D eigenvalue weighted by molar-refractivity contribution is 7.92. The lowest BCUT2D eigenvalue weighted by Gasteiger charge is -2.34. The number of piperidine rings is 1. The van der Waals surface area contributed by atoms with Gasteiger partial charge >= 0.3 is 5.97 Å². The summed E-state index contributed by atoms with van der Waals surface area (Å²) >= 11 is 0. The average Bonchev–Trinajstić information content (AvgIpc) is 3.09. The van der Waals surface area contributed by atoms with Gasteiger partial charge in [0.2, 0.25) is 10.0 Å². The average molecular weight is 474 g/mol. The molecule has 0 aromatic heterocycles. The van der Waals surface area contributed by atoms with E-state index in [9.17, 15) is 23.1 Å². The van der Waals surface area contributed by atoms with Crippen molar-refractivity contribution >= 4 is 33.8 Å². The summed E-state index contributed by atoms with van der Waals surface area (Å²) < 4.78 is 27.3. The molecule has 33 heavy (non-hydrogen) atoms. The van der Waals surface area contributed by atoms with Crippen LogP contribution < -0.4 is 5.32 Å². The van der Waals surface area contributed by atoms with Crippen LogP contribution in [0, 0.1) is 19.8 Å². The van der Waals surface area contributed by atoms with Gasteiger partial charge < -0.3 is 10.4 Å². The minimum Gasteiger partial charge on any atom is -0.478 e. The normalized spacial score (nSPS) is 22.0. The van der Waals surface area contributed by atoms with Crippen molar-refractivity contribution in [1.29, 1.82) is 0 Å². The van der Waals surface area contributed by atoms with Crippen LogP contribution in [0.1, 0.15) is 72.0 Å². The topological polar surface area (TPSA) is 116 Å². The van der Waals surface area contributed by atoms with Gasteiger partial charge in [-0.15, -0.1) is 0 Å². The molecule has 0 unspecified atom stereocenters. The van der Waals surface area contributed by atoms with Gasteiger partial charge in [-0.1, -0.05) is 19.3 Å². The van der Waals surface area contributed by atoms with E-state index in [1.165, 1.54) is 34.3 Å². The number of amidine groups is 1. The third-order valence-electron chi connectivity index (χ3n) is 7.15. The van der Waals surface area contributed by atoms with Crippen molar-refractivity contribution in [1.82, 2.24) is 9.62 Å². The predicted molar refractivity (Wildman–Crippen MR) is 127 cm³/mol. The molecule has 4 rings (SSSR count). The number of carboxylic acid groups (broad SMARTS) is 1. The maximum absolute atomic E-state index is 13.0. The molecule has 1 aromatic carbocycles. The molecule has 0 radical (unpaired) electrons. The Morgan fingerprint density at radius 3 is 2.33 bits per heavy atom. The van der Waals surface area contributed by atoms with Crippen molar-refractivity contribution < 1.29 is 23.1 Å². The van der Waals surface area contributed by atoms with E-state index in [1.807, 2.05) is 0 Å². The smallest absolute Gasteiger partial charge is 0.335 e. The highest BCUT2D eigenvalue weighted by atomic mass is 32.2. The lowest BCUT2D eigenvalue weighted by Crippen LogP contribution is -2.50.